The summed E-state index contributed by atoms with van der Waals surface area (Å²) in [5.74, 6) is 0.0148. The summed E-state index contributed by atoms with van der Waals surface area (Å²) in [6.07, 6.45) is 0.462. The van der Waals surface area contributed by atoms with Gasteiger partial charge in [0.15, 0.2) is 5.78 Å². The van der Waals surface area contributed by atoms with Gasteiger partial charge in [-0.1, -0.05) is 19.1 Å². The summed E-state index contributed by atoms with van der Waals surface area (Å²) in [4.78, 5) is 35.7. The molecule has 1 aromatic carbocycles. The number of benzene rings is 1. The van der Waals surface area contributed by atoms with E-state index >= 15 is 0 Å². The Kier molecular flexibility index (Phi) is 4.24. The molecule has 1 aliphatic rings. The van der Waals surface area contributed by atoms with Crippen LogP contribution in [0.25, 0.3) is 0 Å². The van der Waals surface area contributed by atoms with Gasteiger partial charge in [-0.15, -0.1) is 0 Å². The number of rotatable bonds is 4. The van der Waals surface area contributed by atoms with Crippen molar-refractivity contribution >= 4 is 17.3 Å². The minimum Gasteiger partial charge on any atom is -0.299 e. The average molecular weight is 276 g/mol. The molecule has 1 unspecified atom stereocenters. The molecule has 0 aromatic heterocycles. The first-order valence-electron chi connectivity index (χ1n) is 6.50. The van der Waals surface area contributed by atoms with E-state index in [1.165, 1.54) is 18.2 Å². The third-order valence-corrected chi connectivity index (χ3v) is 3.50. The molecule has 0 spiro atoms. The van der Waals surface area contributed by atoms with Gasteiger partial charge in [0, 0.05) is 43.1 Å². The molecular formula is C14H16N2O4. The van der Waals surface area contributed by atoms with Crippen molar-refractivity contribution in [3.05, 3.63) is 39.9 Å². The number of hydrogen-bond donors (Lipinski definition) is 0. The van der Waals surface area contributed by atoms with Crippen LogP contribution in [0.5, 0.6) is 0 Å². The van der Waals surface area contributed by atoms with Gasteiger partial charge in [0.25, 0.3) is 5.69 Å². The molecule has 0 N–H and O–H groups in total. The number of nitro groups is 1. The maximum atomic E-state index is 12.1. The van der Waals surface area contributed by atoms with Crippen LogP contribution in [0.2, 0.25) is 0 Å². The zero-order valence-corrected chi connectivity index (χ0v) is 11.2. The molecule has 0 radical (unpaired) electrons. The number of carbonyl (C=O) groups is 2. The highest BCUT2D eigenvalue weighted by molar-refractivity contribution is 5.98. The minimum absolute atomic E-state index is 0.0540. The maximum Gasteiger partial charge on any atom is 0.270 e. The van der Waals surface area contributed by atoms with Crippen molar-refractivity contribution < 1.29 is 14.5 Å². The Morgan fingerprint density at radius 3 is 2.90 bits per heavy atom. The third kappa shape index (κ3) is 3.27. The summed E-state index contributed by atoms with van der Waals surface area (Å²) >= 11 is 0. The van der Waals surface area contributed by atoms with Crippen molar-refractivity contribution in [1.82, 2.24) is 4.90 Å². The van der Waals surface area contributed by atoms with Crippen molar-refractivity contribution in [3.8, 4) is 0 Å². The number of Topliss-reactive ketones (excluding diaryl/α,β-unsaturated/α-hetero) is 2. The molecule has 6 nitrogen and oxygen atoms in total. The van der Waals surface area contributed by atoms with Crippen LogP contribution in [0.4, 0.5) is 5.69 Å². The number of likely N-dealkylation sites (tertiary alicyclic amines) is 1. The first-order chi connectivity index (χ1) is 9.47. The molecule has 0 saturated carbocycles. The Bertz CT molecular complexity index is 556. The van der Waals surface area contributed by atoms with E-state index < -0.39 is 4.92 Å². The highest BCUT2D eigenvalue weighted by Crippen LogP contribution is 2.16. The number of carbonyl (C=O) groups excluding carboxylic acids is 2. The monoisotopic (exact) mass is 276 g/mol. The van der Waals surface area contributed by atoms with E-state index in [2.05, 4.69) is 0 Å². The topological polar surface area (TPSA) is 80.5 Å². The molecule has 0 amide bonds. The second-order valence-corrected chi connectivity index (χ2v) is 5.08. The number of ketones is 2. The summed E-state index contributed by atoms with van der Waals surface area (Å²) in [6.45, 7) is 3.19. The standard InChI is InChI=1S/C14H16N2O4/c1-10-8-15(6-5-13(10)17)9-14(18)11-3-2-4-12(7-11)16(19)20/h2-4,7,10H,5-6,8-9H2,1H3. The number of non-ortho nitro benzene ring substituents is 1. The summed E-state index contributed by atoms with van der Waals surface area (Å²) < 4.78 is 0. The van der Waals surface area contributed by atoms with Crippen LogP contribution in [0.1, 0.15) is 23.7 Å². The van der Waals surface area contributed by atoms with Crippen LogP contribution in [0.15, 0.2) is 24.3 Å². The molecule has 1 saturated heterocycles. The zero-order chi connectivity index (χ0) is 14.7. The molecule has 1 fully saturated rings. The molecule has 1 aliphatic heterocycles. The molecular weight excluding hydrogens is 260 g/mol. The fourth-order valence-electron chi connectivity index (χ4n) is 2.33. The third-order valence-electron chi connectivity index (χ3n) is 3.50. The normalized spacial score (nSPS) is 19.9. The lowest BCUT2D eigenvalue weighted by atomic mass is 9.98. The van der Waals surface area contributed by atoms with E-state index in [-0.39, 0.29) is 29.7 Å². The molecule has 20 heavy (non-hydrogen) atoms. The Hall–Kier alpha value is -2.08. The Morgan fingerprint density at radius 2 is 2.25 bits per heavy atom. The molecule has 6 heteroatoms. The Labute approximate surface area is 116 Å². The first-order valence-corrected chi connectivity index (χ1v) is 6.50. The zero-order valence-electron chi connectivity index (χ0n) is 11.2. The van der Waals surface area contributed by atoms with Gasteiger partial charge in [0.05, 0.1) is 11.5 Å². The van der Waals surface area contributed by atoms with Crippen molar-refractivity contribution in [1.29, 1.82) is 0 Å². The van der Waals surface area contributed by atoms with Gasteiger partial charge < -0.3 is 0 Å². The average Bonchev–Trinajstić information content (AvgIpc) is 2.43. The number of piperidine rings is 1. The van der Waals surface area contributed by atoms with Crippen LogP contribution >= 0.6 is 0 Å². The predicted molar refractivity (Wildman–Crippen MR) is 72.7 cm³/mol. The lowest BCUT2D eigenvalue weighted by Crippen LogP contribution is -2.42. The SMILES string of the molecule is CC1CN(CC(=O)c2cccc([N+](=O)[O-])c2)CCC1=O. The quantitative estimate of drug-likeness (QED) is 0.475. The van der Waals surface area contributed by atoms with Gasteiger partial charge in [-0.25, -0.2) is 0 Å². The van der Waals surface area contributed by atoms with Crippen LogP contribution in [-0.2, 0) is 4.79 Å². The van der Waals surface area contributed by atoms with E-state index in [9.17, 15) is 19.7 Å². The summed E-state index contributed by atoms with van der Waals surface area (Å²) in [5, 5.41) is 10.7. The van der Waals surface area contributed by atoms with Crippen molar-refractivity contribution in [2.45, 2.75) is 13.3 Å². The smallest absolute Gasteiger partial charge is 0.270 e. The fourth-order valence-corrected chi connectivity index (χ4v) is 2.33. The second-order valence-electron chi connectivity index (χ2n) is 5.08. The number of nitro benzene ring substituents is 1. The second kappa shape index (κ2) is 5.92. The van der Waals surface area contributed by atoms with Crippen LogP contribution < -0.4 is 0 Å². The summed E-state index contributed by atoms with van der Waals surface area (Å²) in [5.41, 5.74) is 0.252. The number of nitrogens with zero attached hydrogens (tertiary/aromatic N) is 2. The Balaban J connectivity index is 2.03. The lowest BCUT2D eigenvalue weighted by molar-refractivity contribution is -0.384. The largest absolute Gasteiger partial charge is 0.299 e. The van der Waals surface area contributed by atoms with Crippen molar-refractivity contribution in [2.24, 2.45) is 5.92 Å². The molecule has 1 atom stereocenters. The molecule has 106 valence electrons. The summed E-state index contributed by atoms with van der Waals surface area (Å²) in [7, 11) is 0. The first kappa shape index (κ1) is 14.3. The van der Waals surface area contributed by atoms with E-state index in [1.54, 1.807) is 6.07 Å². The van der Waals surface area contributed by atoms with Gasteiger partial charge in [-0.2, -0.15) is 0 Å². The van der Waals surface area contributed by atoms with Crippen LogP contribution in [0.3, 0.4) is 0 Å². The molecule has 1 aromatic rings. The van der Waals surface area contributed by atoms with Gasteiger partial charge in [0.1, 0.15) is 5.78 Å². The van der Waals surface area contributed by atoms with Gasteiger partial charge in [0.2, 0.25) is 0 Å². The van der Waals surface area contributed by atoms with E-state index in [4.69, 9.17) is 0 Å². The van der Waals surface area contributed by atoms with E-state index in [0.717, 1.165) is 0 Å². The highest BCUT2D eigenvalue weighted by Gasteiger charge is 2.25. The van der Waals surface area contributed by atoms with Gasteiger partial charge in [-0.05, 0) is 0 Å². The molecule has 0 bridgehead atoms. The maximum absolute atomic E-state index is 12.1. The van der Waals surface area contributed by atoms with Gasteiger partial charge >= 0.3 is 0 Å². The Morgan fingerprint density at radius 1 is 1.50 bits per heavy atom. The molecule has 2 rings (SSSR count). The van der Waals surface area contributed by atoms with Gasteiger partial charge in [-0.3, -0.25) is 24.6 Å². The highest BCUT2D eigenvalue weighted by atomic mass is 16.6. The van der Waals surface area contributed by atoms with Crippen LogP contribution in [-0.4, -0.2) is 41.0 Å². The predicted octanol–water partition coefficient (Wildman–Crippen LogP) is 1.69. The fraction of sp³-hybridized carbons (Fsp3) is 0.429. The van der Waals surface area contributed by atoms with Crippen molar-refractivity contribution in [2.75, 3.05) is 19.6 Å². The minimum atomic E-state index is -0.515. The number of hydrogen-bond acceptors (Lipinski definition) is 5. The summed E-state index contributed by atoms with van der Waals surface area (Å²) in [6, 6.07) is 5.74. The van der Waals surface area contributed by atoms with Crippen molar-refractivity contribution in [3.63, 3.8) is 0 Å². The van der Waals surface area contributed by atoms with Crippen LogP contribution in [0, 0.1) is 16.0 Å². The molecule has 0 aliphatic carbocycles. The van der Waals surface area contributed by atoms with E-state index in [1.807, 2.05) is 11.8 Å². The van der Waals surface area contributed by atoms with E-state index in [0.29, 0.717) is 25.1 Å². The lowest BCUT2D eigenvalue weighted by Gasteiger charge is -2.29. The molecule has 1 heterocycles.